The highest BCUT2D eigenvalue weighted by Gasteiger charge is 2.34. The van der Waals surface area contributed by atoms with Gasteiger partial charge in [0.1, 0.15) is 17.1 Å². The van der Waals surface area contributed by atoms with Crippen LogP contribution in [0.2, 0.25) is 5.02 Å². The molecular formula is C25H20ClN3O6. The highest BCUT2D eigenvalue weighted by Crippen LogP contribution is 2.29. The lowest BCUT2D eigenvalue weighted by molar-refractivity contribution is -0.384. The van der Waals surface area contributed by atoms with E-state index < -0.39 is 16.7 Å². The molecule has 0 atom stereocenters. The molecule has 0 saturated carbocycles. The molecule has 35 heavy (non-hydrogen) atoms. The number of nitrogens with zero attached hydrogens (tertiary/aromatic N) is 2. The second kappa shape index (κ2) is 10.7. The summed E-state index contributed by atoms with van der Waals surface area (Å²) >= 11 is 5.86. The molecule has 10 heteroatoms. The van der Waals surface area contributed by atoms with E-state index in [2.05, 4.69) is 5.43 Å². The highest BCUT2D eigenvalue weighted by molar-refractivity contribution is 6.31. The summed E-state index contributed by atoms with van der Waals surface area (Å²) in [6.45, 7) is 0.621. The van der Waals surface area contributed by atoms with Gasteiger partial charge in [-0.15, -0.1) is 0 Å². The number of para-hydroxylation sites is 1. The molecule has 1 saturated heterocycles. The maximum absolute atomic E-state index is 12.9. The zero-order chi connectivity index (χ0) is 24.8. The first-order valence-corrected chi connectivity index (χ1v) is 11.0. The van der Waals surface area contributed by atoms with E-state index in [1.807, 2.05) is 0 Å². The molecule has 3 aromatic carbocycles. The number of hydrogen-bond donors (Lipinski definition) is 1. The number of ether oxygens (including phenoxy) is 2. The maximum Gasteiger partial charge on any atom is 0.282 e. The first kappa shape index (κ1) is 23.8. The summed E-state index contributed by atoms with van der Waals surface area (Å²) in [5.74, 6) is -0.222. The Morgan fingerprint density at radius 2 is 1.69 bits per heavy atom. The van der Waals surface area contributed by atoms with Gasteiger partial charge in [0.25, 0.3) is 17.5 Å². The molecule has 9 nitrogen and oxygen atoms in total. The van der Waals surface area contributed by atoms with E-state index in [1.54, 1.807) is 54.6 Å². The summed E-state index contributed by atoms with van der Waals surface area (Å²) < 4.78 is 11.4. The minimum atomic E-state index is -0.618. The molecule has 0 spiro atoms. The summed E-state index contributed by atoms with van der Waals surface area (Å²) in [6.07, 6.45) is 1.82. The van der Waals surface area contributed by atoms with E-state index in [0.29, 0.717) is 35.2 Å². The summed E-state index contributed by atoms with van der Waals surface area (Å²) in [6, 6.07) is 19.6. The molecule has 178 valence electrons. The van der Waals surface area contributed by atoms with Gasteiger partial charge in [-0.05, 0) is 48.5 Å². The number of nitro benzene ring substituents is 1. The molecule has 1 fully saturated rings. The second-order valence-electron chi connectivity index (χ2n) is 7.46. The molecule has 1 aliphatic heterocycles. The monoisotopic (exact) mass is 493 g/mol. The summed E-state index contributed by atoms with van der Waals surface area (Å²) in [7, 11) is 0. The van der Waals surface area contributed by atoms with E-state index in [4.69, 9.17) is 21.1 Å². The average molecular weight is 494 g/mol. The quantitative estimate of drug-likeness (QED) is 0.154. The first-order chi connectivity index (χ1) is 16.9. The summed E-state index contributed by atoms with van der Waals surface area (Å²) in [5, 5.41) is 13.0. The molecule has 1 aliphatic rings. The Morgan fingerprint density at radius 3 is 2.40 bits per heavy atom. The van der Waals surface area contributed by atoms with Gasteiger partial charge in [-0.1, -0.05) is 29.8 Å². The van der Waals surface area contributed by atoms with Crippen LogP contribution in [0, 0.1) is 10.1 Å². The molecular weight excluding hydrogens is 474 g/mol. The van der Waals surface area contributed by atoms with Crippen molar-refractivity contribution in [1.29, 1.82) is 0 Å². The standard InChI is InChI=1S/C25H20ClN3O6/c26-18-7-10-21(11-8-18)34-13-4-14-35-23-12-9-20(29(32)33)15-17(23)16-22-24(30)27-28(25(22)31)19-5-2-1-3-6-19/h1-3,5-12,15-16H,4,13-14H2,(H,27,30)/b22-16-. The van der Waals surface area contributed by atoms with E-state index in [9.17, 15) is 19.7 Å². The number of carbonyl (C=O) groups is 2. The van der Waals surface area contributed by atoms with Crippen molar-refractivity contribution in [3.8, 4) is 11.5 Å². The van der Waals surface area contributed by atoms with Crippen LogP contribution in [0.4, 0.5) is 11.4 Å². The van der Waals surface area contributed by atoms with Gasteiger partial charge in [0, 0.05) is 29.1 Å². The van der Waals surface area contributed by atoms with Gasteiger partial charge >= 0.3 is 0 Å². The number of nitro groups is 1. The van der Waals surface area contributed by atoms with Crippen molar-refractivity contribution in [3.05, 3.63) is 99.1 Å². The van der Waals surface area contributed by atoms with Crippen molar-refractivity contribution in [1.82, 2.24) is 5.43 Å². The Hall–Kier alpha value is -4.37. The molecule has 0 aliphatic carbocycles. The number of rotatable bonds is 9. The number of hydrazine groups is 1. The molecule has 4 rings (SSSR count). The van der Waals surface area contributed by atoms with Crippen LogP contribution in [0.3, 0.4) is 0 Å². The largest absolute Gasteiger partial charge is 0.493 e. The van der Waals surface area contributed by atoms with Crippen LogP contribution in [-0.2, 0) is 9.59 Å². The number of carbonyl (C=O) groups excluding carboxylic acids is 2. The number of amides is 2. The van der Waals surface area contributed by atoms with E-state index in [0.717, 1.165) is 5.01 Å². The van der Waals surface area contributed by atoms with E-state index in [1.165, 1.54) is 24.3 Å². The number of benzene rings is 3. The normalized spacial score (nSPS) is 14.2. The van der Waals surface area contributed by atoms with Gasteiger partial charge in [-0.2, -0.15) is 0 Å². The predicted octanol–water partition coefficient (Wildman–Crippen LogP) is 4.56. The van der Waals surface area contributed by atoms with Crippen LogP contribution in [0.5, 0.6) is 11.5 Å². The van der Waals surface area contributed by atoms with Crippen LogP contribution < -0.4 is 19.9 Å². The Labute approximate surface area is 205 Å². The average Bonchev–Trinajstić information content (AvgIpc) is 3.14. The molecule has 1 N–H and O–H groups in total. The van der Waals surface area contributed by atoms with Crippen molar-refractivity contribution in [3.63, 3.8) is 0 Å². The summed E-state index contributed by atoms with van der Waals surface area (Å²) in [5.41, 5.74) is 2.88. The third kappa shape index (κ3) is 5.77. The Morgan fingerprint density at radius 1 is 0.971 bits per heavy atom. The van der Waals surface area contributed by atoms with Crippen LogP contribution in [-0.4, -0.2) is 30.0 Å². The first-order valence-electron chi connectivity index (χ1n) is 10.6. The van der Waals surface area contributed by atoms with Crippen molar-refractivity contribution < 1.29 is 24.0 Å². The van der Waals surface area contributed by atoms with Crippen LogP contribution >= 0.6 is 11.6 Å². The lowest BCUT2D eigenvalue weighted by atomic mass is 10.1. The molecule has 0 aromatic heterocycles. The second-order valence-corrected chi connectivity index (χ2v) is 7.90. The topological polar surface area (TPSA) is 111 Å². The molecule has 2 amide bonds. The van der Waals surface area contributed by atoms with Crippen LogP contribution in [0.1, 0.15) is 12.0 Å². The smallest absolute Gasteiger partial charge is 0.282 e. The number of hydrogen-bond acceptors (Lipinski definition) is 6. The lowest BCUT2D eigenvalue weighted by Gasteiger charge is -2.14. The maximum atomic E-state index is 12.9. The van der Waals surface area contributed by atoms with Gasteiger partial charge in [-0.3, -0.25) is 25.1 Å². The molecule has 0 unspecified atom stereocenters. The molecule has 0 bridgehead atoms. The van der Waals surface area contributed by atoms with Crippen molar-refractivity contribution in [2.75, 3.05) is 18.2 Å². The summed E-state index contributed by atoms with van der Waals surface area (Å²) in [4.78, 5) is 36.1. The zero-order valence-electron chi connectivity index (χ0n) is 18.3. The number of nitrogens with one attached hydrogen (secondary N) is 1. The lowest BCUT2D eigenvalue weighted by Crippen LogP contribution is -2.35. The molecule has 1 heterocycles. The fourth-order valence-corrected chi connectivity index (χ4v) is 3.45. The minimum absolute atomic E-state index is 0.162. The van der Waals surface area contributed by atoms with Crippen molar-refractivity contribution in [2.24, 2.45) is 0 Å². The van der Waals surface area contributed by atoms with Gasteiger partial charge in [0.15, 0.2) is 0 Å². The van der Waals surface area contributed by atoms with Crippen LogP contribution in [0.25, 0.3) is 6.08 Å². The molecule has 3 aromatic rings. The highest BCUT2D eigenvalue weighted by atomic mass is 35.5. The Kier molecular flexibility index (Phi) is 7.27. The van der Waals surface area contributed by atoms with Gasteiger partial charge < -0.3 is 9.47 Å². The van der Waals surface area contributed by atoms with Gasteiger partial charge in [0.2, 0.25) is 0 Å². The van der Waals surface area contributed by atoms with E-state index in [-0.39, 0.29) is 23.4 Å². The van der Waals surface area contributed by atoms with Crippen LogP contribution in [0.15, 0.2) is 78.4 Å². The van der Waals surface area contributed by atoms with Gasteiger partial charge in [0.05, 0.1) is 23.8 Å². The van der Waals surface area contributed by atoms with Crippen molar-refractivity contribution in [2.45, 2.75) is 6.42 Å². The number of anilines is 1. The number of non-ortho nitro benzene ring substituents is 1. The third-order valence-corrected chi connectivity index (χ3v) is 5.29. The Bertz CT molecular complexity index is 1280. The van der Waals surface area contributed by atoms with E-state index >= 15 is 0 Å². The SMILES string of the molecule is O=C1NN(c2ccccc2)C(=O)/C1=C\c1cc([N+](=O)[O-])ccc1OCCCOc1ccc(Cl)cc1. The number of halogens is 1. The van der Waals surface area contributed by atoms with Gasteiger partial charge in [-0.25, -0.2) is 5.01 Å². The van der Waals surface area contributed by atoms with Crippen molar-refractivity contribution >= 4 is 40.9 Å². The fourth-order valence-electron chi connectivity index (χ4n) is 3.33. The Balaban J connectivity index is 1.48. The fraction of sp³-hybridized carbons (Fsp3) is 0.120. The minimum Gasteiger partial charge on any atom is -0.493 e. The molecule has 0 radical (unpaired) electrons. The predicted molar refractivity (Wildman–Crippen MR) is 130 cm³/mol. The zero-order valence-corrected chi connectivity index (χ0v) is 19.1. The third-order valence-electron chi connectivity index (χ3n) is 5.04.